The van der Waals surface area contributed by atoms with Gasteiger partial charge in [0.2, 0.25) is 5.91 Å². The largest absolute Gasteiger partial charge is 0.480 e. The molecule has 0 rings (SSSR count). The number of carboxylic acids is 1. The molecule has 3 N–H and O–H groups in total. The minimum Gasteiger partial charge on any atom is -0.480 e. The van der Waals surface area contributed by atoms with Gasteiger partial charge in [0, 0.05) is 26.1 Å². The van der Waals surface area contributed by atoms with Crippen LogP contribution < -0.4 is 10.6 Å². The quantitative estimate of drug-likeness (QED) is 0.596. The number of carbonyl (C=O) groups excluding carboxylic acids is 2. The number of hydrogen-bond donors (Lipinski definition) is 3. The van der Waals surface area contributed by atoms with Crippen LogP contribution in [-0.2, 0) is 9.59 Å². The second kappa shape index (κ2) is 9.18. The highest BCUT2D eigenvalue weighted by Crippen LogP contribution is 1.93. The topological polar surface area (TPSA) is 98.7 Å². The summed E-state index contributed by atoms with van der Waals surface area (Å²) in [5, 5.41) is 13.6. The van der Waals surface area contributed by atoms with Gasteiger partial charge in [0.15, 0.2) is 0 Å². The minimum absolute atomic E-state index is 0.0319. The summed E-state index contributed by atoms with van der Waals surface area (Å²) < 4.78 is 0. The van der Waals surface area contributed by atoms with Gasteiger partial charge in [-0.1, -0.05) is 6.92 Å². The summed E-state index contributed by atoms with van der Waals surface area (Å²) in [4.78, 5) is 35.4. The molecule has 7 nitrogen and oxygen atoms in total. The molecule has 0 heterocycles. The van der Waals surface area contributed by atoms with Crippen LogP contribution in [0.2, 0.25) is 0 Å². The van der Waals surface area contributed by atoms with E-state index in [1.807, 2.05) is 13.8 Å². The van der Waals surface area contributed by atoms with Crippen molar-refractivity contribution in [2.24, 2.45) is 0 Å². The molecule has 0 spiro atoms. The fourth-order valence-electron chi connectivity index (χ4n) is 1.57. The summed E-state index contributed by atoms with van der Waals surface area (Å²) in [7, 11) is 0. The number of aliphatic carboxylic acids is 1. The molecule has 0 fully saturated rings. The summed E-state index contributed by atoms with van der Waals surface area (Å²) in [5.74, 6) is -1.10. The third kappa shape index (κ3) is 6.64. The van der Waals surface area contributed by atoms with Gasteiger partial charge >= 0.3 is 12.0 Å². The highest BCUT2D eigenvalue weighted by Gasteiger charge is 2.17. The molecule has 0 aromatic carbocycles. The zero-order chi connectivity index (χ0) is 14.8. The zero-order valence-electron chi connectivity index (χ0n) is 11.7. The van der Waals surface area contributed by atoms with Gasteiger partial charge in [0.05, 0.1) is 0 Å². The predicted octanol–water partition coefficient (Wildman–Crippen LogP) is 0.407. The molecule has 0 aromatic rings. The van der Waals surface area contributed by atoms with Crippen molar-refractivity contribution in [3.8, 4) is 0 Å². The lowest BCUT2D eigenvalue weighted by Gasteiger charge is -2.19. The molecule has 1 atom stereocenters. The van der Waals surface area contributed by atoms with Crippen LogP contribution in [-0.4, -0.2) is 53.6 Å². The third-order valence-corrected chi connectivity index (χ3v) is 2.75. The molecule has 0 aliphatic carbocycles. The first-order valence-corrected chi connectivity index (χ1v) is 6.51. The van der Waals surface area contributed by atoms with E-state index in [4.69, 9.17) is 5.11 Å². The van der Waals surface area contributed by atoms with Crippen molar-refractivity contribution in [1.82, 2.24) is 15.5 Å². The van der Waals surface area contributed by atoms with E-state index in [0.29, 0.717) is 19.5 Å². The maximum Gasteiger partial charge on any atom is 0.326 e. The first-order valence-electron chi connectivity index (χ1n) is 6.51. The molecule has 0 radical (unpaired) electrons. The molecule has 1 unspecified atom stereocenters. The first-order chi connectivity index (χ1) is 8.96. The highest BCUT2D eigenvalue weighted by molar-refractivity contribution is 5.83. The van der Waals surface area contributed by atoms with E-state index in [-0.39, 0.29) is 18.9 Å². The van der Waals surface area contributed by atoms with Crippen molar-refractivity contribution in [1.29, 1.82) is 0 Å². The number of urea groups is 1. The Morgan fingerprint density at radius 2 is 1.74 bits per heavy atom. The zero-order valence-corrected chi connectivity index (χ0v) is 11.7. The Labute approximate surface area is 113 Å². The monoisotopic (exact) mass is 273 g/mol. The number of hydrogen-bond acceptors (Lipinski definition) is 3. The molecule has 0 aliphatic heterocycles. The molecule has 7 heteroatoms. The standard InChI is InChI=1S/C12H23N3O4/c1-4-9(11(17)18)14-12(19)13-8-7-10(16)15(5-2)6-3/h9H,4-8H2,1-3H3,(H,17,18)(H2,13,14,19). The van der Waals surface area contributed by atoms with E-state index in [0.717, 1.165) is 0 Å². The van der Waals surface area contributed by atoms with Crippen LogP contribution in [0.15, 0.2) is 0 Å². The summed E-state index contributed by atoms with van der Waals surface area (Å²) in [6.07, 6.45) is 0.514. The summed E-state index contributed by atoms with van der Waals surface area (Å²) in [6.45, 7) is 6.91. The lowest BCUT2D eigenvalue weighted by atomic mass is 10.2. The molecule has 0 bridgehead atoms. The maximum atomic E-state index is 11.6. The van der Waals surface area contributed by atoms with Crippen LogP contribution in [0.1, 0.15) is 33.6 Å². The lowest BCUT2D eigenvalue weighted by Crippen LogP contribution is -2.46. The Balaban J connectivity index is 3.98. The van der Waals surface area contributed by atoms with Crippen LogP contribution in [0.25, 0.3) is 0 Å². The third-order valence-electron chi connectivity index (χ3n) is 2.75. The highest BCUT2D eigenvalue weighted by atomic mass is 16.4. The fraction of sp³-hybridized carbons (Fsp3) is 0.750. The second-order valence-electron chi connectivity index (χ2n) is 4.02. The Morgan fingerprint density at radius 1 is 1.16 bits per heavy atom. The number of carbonyl (C=O) groups is 3. The SMILES string of the molecule is CCC(NC(=O)NCCC(=O)N(CC)CC)C(=O)O. The normalized spacial score (nSPS) is 11.5. The summed E-state index contributed by atoms with van der Waals surface area (Å²) in [5.41, 5.74) is 0. The molecular formula is C12H23N3O4. The van der Waals surface area contributed by atoms with Crippen LogP contribution in [0, 0.1) is 0 Å². The molecule has 19 heavy (non-hydrogen) atoms. The Kier molecular flexibility index (Phi) is 8.32. The van der Waals surface area contributed by atoms with Crippen molar-refractivity contribution in [2.75, 3.05) is 19.6 Å². The average molecular weight is 273 g/mol. The van der Waals surface area contributed by atoms with Crippen LogP contribution in [0.4, 0.5) is 4.79 Å². The van der Waals surface area contributed by atoms with Crippen molar-refractivity contribution in [2.45, 2.75) is 39.7 Å². The van der Waals surface area contributed by atoms with E-state index in [1.54, 1.807) is 11.8 Å². The molecular weight excluding hydrogens is 250 g/mol. The van der Waals surface area contributed by atoms with Crippen molar-refractivity contribution in [3.05, 3.63) is 0 Å². The van der Waals surface area contributed by atoms with Crippen molar-refractivity contribution < 1.29 is 19.5 Å². The molecule has 3 amide bonds. The van der Waals surface area contributed by atoms with Crippen molar-refractivity contribution in [3.63, 3.8) is 0 Å². The fourth-order valence-corrected chi connectivity index (χ4v) is 1.57. The number of nitrogens with one attached hydrogen (secondary N) is 2. The Morgan fingerprint density at radius 3 is 2.16 bits per heavy atom. The van der Waals surface area contributed by atoms with Gasteiger partial charge in [-0.3, -0.25) is 4.79 Å². The predicted molar refractivity (Wildman–Crippen MR) is 70.8 cm³/mol. The molecule has 0 saturated carbocycles. The Hall–Kier alpha value is -1.79. The van der Waals surface area contributed by atoms with E-state index < -0.39 is 18.0 Å². The molecule has 0 aromatic heterocycles. The number of amides is 3. The molecule has 0 saturated heterocycles. The van der Waals surface area contributed by atoms with E-state index in [2.05, 4.69) is 10.6 Å². The maximum absolute atomic E-state index is 11.6. The smallest absolute Gasteiger partial charge is 0.326 e. The lowest BCUT2D eigenvalue weighted by molar-refractivity contribution is -0.139. The summed E-state index contributed by atoms with van der Waals surface area (Å²) >= 11 is 0. The van der Waals surface area contributed by atoms with E-state index >= 15 is 0 Å². The summed E-state index contributed by atoms with van der Waals surface area (Å²) in [6, 6.07) is -1.47. The van der Waals surface area contributed by atoms with Gasteiger partial charge in [-0.2, -0.15) is 0 Å². The van der Waals surface area contributed by atoms with Gasteiger partial charge in [0.1, 0.15) is 6.04 Å². The van der Waals surface area contributed by atoms with Crippen LogP contribution >= 0.6 is 0 Å². The molecule has 0 aliphatic rings. The van der Waals surface area contributed by atoms with Crippen LogP contribution in [0.5, 0.6) is 0 Å². The van der Waals surface area contributed by atoms with Gasteiger partial charge in [-0.25, -0.2) is 9.59 Å². The van der Waals surface area contributed by atoms with E-state index in [1.165, 1.54) is 0 Å². The number of carboxylic acid groups (broad SMARTS) is 1. The van der Waals surface area contributed by atoms with Crippen LogP contribution in [0.3, 0.4) is 0 Å². The Bertz CT molecular complexity index is 316. The minimum atomic E-state index is -1.07. The average Bonchev–Trinajstić information content (AvgIpc) is 2.37. The number of nitrogens with zero attached hydrogens (tertiary/aromatic N) is 1. The molecule has 110 valence electrons. The van der Waals surface area contributed by atoms with Gasteiger partial charge in [-0.05, 0) is 20.3 Å². The van der Waals surface area contributed by atoms with Crippen molar-refractivity contribution >= 4 is 17.9 Å². The number of rotatable bonds is 8. The van der Waals surface area contributed by atoms with Gasteiger partial charge in [0.25, 0.3) is 0 Å². The van der Waals surface area contributed by atoms with Gasteiger partial charge < -0.3 is 20.6 Å². The second-order valence-corrected chi connectivity index (χ2v) is 4.02. The first kappa shape index (κ1) is 17.2. The van der Waals surface area contributed by atoms with E-state index in [9.17, 15) is 14.4 Å². The van der Waals surface area contributed by atoms with Gasteiger partial charge in [-0.15, -0.1) is 0 Å².